The normalized spacial score (nSPS) is 10.2. The second-order valence-electron chi connectivity index (χ2n) is 4.14. The van der Waals surface area contributed by atoms with Gasteiger partial charge in [0, 0.05) is 12.7 Å². The molecule has 0 aliphatic heterocycles. The predicted molar refractivity (Wildman–Crippen MR) is 67.4 cm³/mol. The minimum atomic E-state index is -0.598. The first-order valence-corrected chi connectivity index (χ1v) is 5.92. The molecule has 0 atom stereocenters. The number of aromatic nitrogens is 1. The van der Waals surface area contributed by atoms with Crippen molar-refractivity contribution in [2.24, 2.45) is 5.92 Å². The summed E-state index contributed by atoms with van der Waals surface area (Å²) in [4.78, 5) is 26.6. The van der Waals surface area contributed by atoms with E-state index in [-0.39, 0.29) is 18.1 Å². The lowest BCUT2D eigenvalue weighted by Crippen LogP contribution is -2.31. The summed E-state index contributed by atoms with van der Waals surface area (Å²) in [6, 6.07) is 2.97. The van der Waals surface area contributed by atoms with Gasteiger partial charge in [0.15, 0.2) is 6.61 Å². The van der Waals surface area contributed by atoms with E-state index in [9.17, 15) is 9.59 Å². The van der Waals surface area contributed by atoms with Crippen LogP contribution in [0.25, 0.3) is 0 Å². The first-order valence-electron chi connectivity index (χ1n) is 5.54. The van der Waals surface area contributed by atoms with Crippen LogP contribution < -0.4 is 5.32 Å². The van der Waals surface area contributed by atoms with E-state index in [1.165, 1.54) is 18.3 Å². The second kappa shape index (κ2) is 6.96. The Bertz CT molecular complexity index is 418. The molecule has 0 fully saturated rings. The third kappa shape index (κ3) is 5.14. The van der Waals surface area contributed by atoms with E-state index in [1.54, 1.807) is 0 Å². The summed E-state index contributed by atoms with van der Waals surface area (Å²) in [6.07, 6.45) is 1.30. The number of hydrogen-bond donors (Lipinski definition) is 1. The molecule has 0 saturated heterocycles. The molecule has 1 aromatic rings. The third-order valence-electron chi connectivity index (χ3n) is 2.00. The van der Waals surface area contributed by atoms with Crippen molar-refractivity contribution in [3.63, 3.8) is 0 Å². The lowest BCUT2D eigenvalue weighted by atomic mass is 10.2. The Hall–Kier alpha value is -1.62. The number of nitrogens with one attached hydrogen (secondary N) is 1. The molecular weight excluding hydrogens is 256 g/mol. The zero-order valence-corrected chi connectivity index (χ0v) is 11.0. The van der Waals surface area contributed by atoms with Crippen LogP contribution in [0.4, 0.5) is 0 Å². The molecular formula is C12H15ClN2O3. The molecule has 6 heteroatoms. The molecule has 0 aliphatic carbocycles. The average Bonchev–Trinajstić information content (AvgIpc) is 2.34. The molecule has 0 radical (unpaired) electrons. The van der Waals surface area contributed by atoms with Crippen LogP contribution in [0.5, 0.6) is 0 Å². The molecule has 1 heterocycles. The highest BCUT2D eigenvalue weighted by atomic mass is 35.5. The van der Waals surface area contributed by atoms with Crippen LogP contribution in [-0.4, -0.2) is 30.0 Å². The van der Waals surface area contributed by atoms with Gasteiger partial charge in [0.2, 0.25) is 0 Å². The molecule has 1 rings (SSSR count). The molecule has 0 bridgehead atoms. The molecule has 0 aromatic carbocycles. The van der Waals surface area contributed by atoms with E-state index < -0.39 is 5.97 Å². The van der Waals surface area contributed by atoms with Crippen molar-refractivity contribution in [1.82, 2.24) is 10.3 Å². The van der Waals surface area contributed by atoms with Gasteiger partial charge in [0.05, 0.1) is 5.56 Å². The van der Waals surface area contributed by atoms with E-state index in [4.69, 9.17) is 16.3 Å². The van der Waals surface area contributed by atoms with E-state index in [2.05, 4.69) is 10.3 Å². The Morgan fingerprint density at radius 3 is 2.72 bits per heavy atom. The topological polar surface area (TPSA) is 68.3 Å². The van der Waals surface area contributed by atoms with Gasteiger partial charge in [-0.1, -0.05) is 25.4 Å². The average molecular weight is 271 g/mol. The number of hydrogen-bond acceptors (Lipinski definition) is 4. The quantitative estimate of drug-likeness (QED) is 0.653. The molecule has 0 spiro atoms. The van der Waals surface area contributed by atoms with Crippen molar-refractivity contribution < 1.29 is 14.3 Å². The fourth-order valence-electron chi connectivity index (χ4n) is 1.08. The van der Waals surface area contributed by atoms with Gasteiger partial charge in [-0.05, 0) is 18.1 Å². The second-order valence-corrected chi connectivity index (χ2v) is 4.53. The number of carbonyl (C=O) groups is 2. The first-order chi connectivity index (χ1) is 8.49. The Labute approximate surface area is 110 Å². The zero-order valence-electron chi connectivity index (χ0n) is 10.3. The van der Waals surface area contributed by atoms with Crippen molar-refractivity contribution in [1.29, 1.82) is 0 Å². The van der Waals surface area contributed by atoms with Gasteiger partial charge in [-0.2, -0.15) is 0 Å². The summed E-state index contributed by atoms with van der Waals surface area (Å²) in [5, 5.41) is 2.94. The third-order valence-corrected chi connectivity index (χ3v) is 2.23. The molecule has 0 unspecified atom stereocenters. The maximum atomic E-state index is 11.5. The Morgan fingerprint density at radius 2 is 2.17 bits per heavy atom. The fraction of sp³-hybridized carbons (Fsp3) is 0.417. The lowest BCUT2D eigenvalue weighted by molar-refractivity contribution is -0.124. The molecule has 1 N–H and O–H groups in total. The van der Waals surface area contributed by atoms with E-state index in [0.29, 0.717) is 17.6 Å². The standard InChI is InChI=1S/C12H15ClN2O3/c1-8(2)5-15-11(16)7-18-12(17)9-3-4-10(13)14-6-9/h3-4,6,8H,5,7H2,1-2H3,(H,15,16). The van der Waals surface area contributed by atoms with Crippen molar-refractivity contribution in [3.8, 4) is 0 Å². The SMILES string of the molecule is CC(C)CNC(=O)COC(=O)c1ccc(Cl)nc1. The summed E-state index contributed by atoms with van der Waals surface area (Å²) >= 11 is 5.59. The van der Waals surface area contributed by atoms with Gasteiger partial charge < -0.3 is 10.1 Å². The number of pyridine rings is 1. The number of nitrogens with zero attached hydrogens (tertiary/aromatic N) is 1. The van der Waals surface area contributed by atoms with Crippen LogP contribution in [0, 0.1) is 5.92 Å². The van der Waals surface area contributed by atoms with Crippen molar-refractivity contribution in [3.05, 3.63) is 29.0 Å². The largest absolute Gasteiger partial charge is 0.452 e. The van der Waals surface area contributed by atoms with Crippen molar-refractivity contribution in [2.45, 2.75) is 13.8 Å². The number of ether oxygens (including phenoxy) is 1. The van der Waals surface area contributed by atoms with E-state index >= 15 is 0 Å². The molecule has 98 valence electrons. The highest BCUT2D eigenvalue weighted by Gasteiger charge is 2.10. The highest BCUT2D eigenvalue weighted by molar-refractivity contribution is 6.29. The maximum Gasteiger partial charge on any atom is 0.340 e. The van der Waals surface area contributed by atoms with Gasteiger partial charge in [-0.3, -0.25) is 4.79 Å². The zero-order chi connectivity index (χ0) is 13.5. The fourth-order valence-corrected chi connectivity index (χ4v) is 1.19. The molecule has 18 heavy (non-hydrogen) atoms. The van der Waals surface area contributed by atoms with Crippen LogP contribution in [0.2, 0.25) is 5.15 Å². The first kappa shape index (κ1) is 14.4. The molecule has 0 saturated carbocycles. The minimum Gasteiger partial charge on any atom is -0.452 e. The van der Waals surface area contributed by atoms with Gasteiger partial charge >= 0.3 is 5.97 Å². The van der Waals surface area contributed by atoms with Crippen molar-refractivity contribution in [2.75, 3.05) is 13.2 Å². The molecule has 5 nitrogen and oxygen atoms in total. The van der Waals surface area contributed by atoms with Crippen molar-refractivity contribution >= 4 is 23.5 Å². The number of halogens is 1. The maximum absolute atomic E-state index is 11.5. The minimum absolute atomic E-state index is 0.260. The van der Waals surface area contributed by atoms with Gasteiger partial charge in [0.25, 0.3) is 5.91 Å². The molecule has 1 aromatic heterocycles. The van der Waals surface area contributed by atoms with Gasteiger partial charge in [-0.25, -0.2) is 9.78 Å². The summed E-state index contributed by atoms with van der Waals surface area (Å²) in [7, 11) is 0. The number of amides is 1. The molecule has 1 amide bonds. The summed E-state index contributed by atoms with van der Waals surface area (Å²) in [6.45, 7) is 4.21. The van der Waals surface area contributed by atoms with Crippen LogP contribution >= 0.6 is 11.6 Å². The monoisotopic (exact) mass is 270 g/mol. The summed E-state index contributed by atoms with van der Waals surface area (Å²) in [5.74, 6) is -0.567. The van der Waals surface area contributed by atoms with Crippen LogP contribution in [-0.2, 0) is 9.53 Å². The van der Waals surface area contributed by atoms with Crippen LogP contribution in [0.3, 0.4) is 0 Å². The number of esters is 1. The lowest BCUT2D eigenvalue weighted by Gasteiger charge is -2.08. The smallest absolute Gasteiger partial charge is 0.340 e. The summed E-state index contributed by atoms with van der Waals surface area (Å²) in [5.41, 5.74) is 0.260. The van der Waals surface area contributed by atoms with E-state index in [1.807, 2.05) is 13.8 Å². The Kier molecular flexibility index (Phi) is 5.58. The molecule has 0 aliphatic rings. The van der Waals surface area contributed by atoms with Gasteiger partial charge in [-0.15, -0.1) is 0 Å². The number of carbonyl (C=O) groups excluding carboxylic acids is 2. The Balaban J connectivity index is 2.37. The van der Waals surface area contributed by atoms with Crippen LogP contribution in [0.1, 0.15) is 24.2 Å². The number of rotatable bonds is 5. The van der Waals surface area contributed by atoms with E-state index in [0.717, 1.165) is 0 Å². The summed E-state index contributed by atoms with van der Waals surface area (Å²) < 4.78 is 4.83. The van der Waals surface area contributed by atoms with Gasteiger partial charge in [0.1, 0.15) is 5.15 Å². The highest BCUT2D eigenvalue weighted by Crippen LogP contribution is 2.06. The predicted octanol–water partition coefficient (Wildman–Crippen LogP) is 1.66. The van der Waals surface area contributed by atoms with Crippen LogP contribution in [0.15, 0.2) is 18.3 Å². The Morgan fingerprint density at radius 1 is 1.44 bits per heavy atom.